The van der Waals surface area contributed by atoms with Gasteiger partial charge >= 0.3 is 69.5 Å². The van der Waals surface area contributed by atoms with Crippen molar-refractivity contribution in [1.82, 2.24) is 0 Å². The molecule has 0 saturated heterocycles. The summed E-state index contributed by atoms with van der Waals surface area (Å²) in [6.07, 6.45) is 5.84. The van der Waals surface area contributed by atoms with Crippen LogP contribution in [0.2, 0.25) is 8.87 Å². The molecule has 0 saturated carbocycles. The fourth-order valence-electron chi connectivity index (χ4n) is 0.729. The first-order valence-electron chi connectivity index (χ1n) is 8.81. The second kappa shape index (κ2) is 39.5. The molecule has 0 aliphatic rings. The third kappa shape index (κ3) is 73.2. The predicted molar refractivity (Wildman–Crippen MR) is 127 cm³/mol. The Morgan fingerprint density at radius 1 is 0.724 bits per heavy atom. The summed E-state index contributed by atoms with van der Waals surface area (Å²) in [5, 5.41) is 49.4. The summed E-state index contributed by atoms with van der Waals surface area (Å²) in [5.41, 5.74) is 0. The van der Waals surface area contributed by atoms with Crippen LogP contribution in [0.5, 0.6) is 0 Å². The number of carboxylic acid groups (broad SMARTS) is 2. The molecule has 0 spiro atoms. The number of aliphatic carboxylic acids is 2. The van der Waals surface area contributed by atoms with Crippen LogP contribution in [0.15, 0.2) is 0 Å². The fourth-order valence-corrected chi connectivity index (χ4v) is 4.89. The van der Waals surface area contributed by atoms with Crippen molar-refractivity contribution in [2.45, 2.75) is 57.6 Å². The van der Waals surface area contributed by atoms with Gasteiger partial charge in [-0.2, -0.15) is 50.5 Å². The number of unbranched alkanes of at least 4 members (excludes halogenated alkanes) is 2. The summed E-state index contributed by atoms with van der Waals surface area (Å²) in [6.45, 7) is 4.08. The Labute approximate surface area is 206 Å². The van der Waals surface area contributed by atoms with Crippen molar-refractivity contribution in [2.24, 2.45) is 0 Å². The summed E-state index contributed by atoms with van der Waals surface area (Å²) in [4.78, 5) is 18.9. The third-order valence-corrected chi connectivity index (χ3v) is 6.92. The first-order valence-corrected chi connectivity index (χ1v) is 14.9. The van der Waals surface area contributed by atoms with E-state index in [1.165, 1.54) is 25.7 Å². The van der Waals surface area contributed by atoms with Gasteiger partial charge in [0.15, 0.2) is 0 Å². The number of rotatable bonds is 10. The van der Waals surface area contributed by atoms with Gasteiger partial charge in [-0.05, 0) is 0 Å². The van der Waals surface area contributed by atoms with Crippen LogP contribution in [0, 0.1) is 0 Å². The van der Waals surface area contributed by atoms with Crippen LogP contribution in [0.25, 0.3) is 0 Å². The number of hydrogen-bond acceptors (Lipinski definition) is 12. The number of carboxylic acids is 2. The van der Waals surface area contributed by atoms with Gasteiger partial charge in [-0.3, -0.25) is 0 Å². The molecule has 13 heteroatoms. The molecule has 8 nitrogen and oxygen atoms in total. The van der Waals surface area contributed by atoms with Crippen molar-refractivity contribution in [3.05, 3.63) is 0 Å². The molecule has 0 aromatic rings. The molecule has 0 atom stereocenters. The minimum absolute atomic E-state index is 0.125. The molecule has 0 heterocycles. The average molecular weight is 603 g/mol. The molecule has 0 bridgehead atoms. The van der Waals surface area contributed by atoms with E-state index in [-0.39, 0.29) is 47.6 Å². The van der Waals surface area contributed by atoms with E-state index in [4.69, 9.17) is 20.4 Å². The summed E-state index contributed by atoms with van der Waals surface area (Å²) >= 11 is 13.7. The van der Waals surface area contributed by atoms with Crippen molar-refractivity contribution in [2.75, 3.05) is 26.4 Å². The van der Waals surface area contributed by atoms with Crippen molar-refractivity contribution >= 4 is 83.6 Å². The normalized spacial score (nSPS) is 8.69. The van der Waals surface area contributed by atoms with E-state index >= 15 is 0 Å². The molecule has 0 aliphatic carbocycles. The molecule has 0 aliphatic heterocycles. The monoisotopic (exact) mass is 604 g/mol. The van der Waals surface area contributed by atoms with Crippen molar-refractivity contribution in [3.8, 4) is 0 Å². The van der Waals surface area contributed by atoms with E-state index in [2.05, 4.69) is 64.4 Å². The Morgan fingerprint density at radius 2 is 0.931 bits per heavy atom. The topological polar surface area (TPSA) is 161 Å². The van der Waals surface area contributed by atoms with E-state index in [1.54, 1.807) is 8.87 Å². The maximum Gasteiger partial charge on any atom is 0.0836 e. The van der Waals surface area contributed by atoms with Gasteiger partial charge in [0, 0.05) is 0 Å². The van der Waals surface area contributed by atoms with Crippen LogP contribution < -0.4 is 10.2 Å². The summed E-state index contributed by atoms with van der Waals surface area (Å²) in [5.74, 6) is -2.52. The van der Waals surface area contributed by atoms with Crippen LogP contribution in [-0.2, 0) is 9.59 Å². The smallest absolute Gasteiger partial charge is 0.0836 e. The van der Waals surface area contributed by atoms with Gasteiger partial charge < -0.3 is 40.2 Å². The molecule has 176 valence electrons. The zero-order valence-corrected chi connectivity index (χ0v) is 23.4. The van der Waals surface area contributed by atoms with Crippen molar-refractivity contribution in [3.63, 3.8) is 0 Å². The Morgan fingerprint density at radius 3 is 1.03 bits per heavy atom. The van der Waals surface area contributed by atoms with E-state index in [0.717, 1.165) is 0 Å². The van der Waals surface area contributed by atoms with E-state index in [0.29, 0.717) is 0 Å². The molecular formula is C16H36O8S4Sn. The standard InChI is InChI=1S/2C4H9.2C2H4O2S2.2C2H6O2.Sn/c2*1-3-4-2;2*3-1(4)2(5)6;2*3-1-2-4;/h2*1,3-4H2,2H3;2*2,5-6H,(H,3,4);2*3-4H,1-2H2;/q;;;;;;+2/p-2. The van der Waals surface area contributed by atoms with Gasteiger partial charge in [0.05, 0.1) is 47.5 Å². The second-order valence-electron chi connectivity index (χ2n) is 4.74. The van der Waals surface area contributed by atoms with Crippen molar-refractivity contribution in [1.29, 1.82) is 0 Å². The Kier molecular flexibility index (Phi) is 54.9. The molecular weight excluding hydrogens is 567 g/mol. The molecule has 0 radical (unpaired) electrons. The summed E-state index contributed by atoms with van der Waals surface area (Å²) in [7, 11) is 0. The fraction of sp³-hybridized carbons (Fsp3) is 0.875. The molecule has 0 unspecified atom stereocenters. The van der Waals surface area contributed by atoms with Crippen LogP contribution in [0.3, 0.4) is 0 Å². The van der Waals surface area contributed by atoms with Gasteiger partial charge in [-0.15, -0.1) is 0 Å². The van der Waals surface area contributed by atoms with Crippen LogP contribution in [0.1, 0.15) is 39.5 Å². The summed E-state index contributed by atoms with van der Waals surface area (Å²) < 4.78 is 1.34. The van der Waals surface area contributed by atoms with Gasteiger partial charge in [-0.1, -0.05) is 0 Å². The molecule has 0 aromatic heterocycles. The first kappa shape index (κ1) is 40.3. The quantitative estimate of drug-likeness (QED) is 0.0677. The van der Waals surface area contributed by atoms with Gasteiger partial charge in [0.25, 0.3) is 0 Å². The molecule has 29 heavy (non-hydrogen) atoms. The molecule has 4 N–H and O–H groups in total. The Hall–Kier alpha value is 0.979. The van der Waals surface area contributed by atoms with E-state index in [1.807, 2.05) is 0 Å². The number of carbonyl (C=O) groups excluding carboxylic acids is 2. The second-order valence-corrected chi connectivity index (χ2v) is 11.9. The number of aliphatic hydroxyl groups is 4. The predicted octanol–water partition coefficient (Wildman–Crippen LogP) is -1.09. The number of aliphatic hydroxyl groups excluding tert-OH is 4. The third-order valence-electron chi connectivity index (χ3n) is 2.04. The zero-order valence-electron chi connectivity index (χ0n) is 16.9. The summed E-state index contributed by atoms with van der Waals surface area (Å²) in [6, 6.07) is 0. The molecule has 0 rings (SSSR count). The van der Waals surface area contributed by atoms with Crippen molar-refractivity contribution < 1.29 is 40.2 Å². The van der Waals surface area contributed by atoms with E-state index < -0.39 is 21.1 Å². The molecule has 0 aromatic carbocycles. The Bertz CT molecular complexity index is 283. The number of hydrogen-bond donors (Lipinski definition) is 8. The number of thiol groups is 4. The minimum Gasteiger partial charge on any atom is -0.548 e. The molecule has 0 fully saturated rings. The zero-order chi connectivity index (χ0) is 24.1. The minimum atomic E-state index is -1.26. The maximum atomic E-state index is 9.44. The Balaban J connectivity index is -0.0000000860. The van der Waals surface area contributed by atoms with Crippen LogP contribution in [0.4, 0.5) is 0 Å². The van der Waals surface area contributed by atoms with Crippen LogP contribution in [-0.4, -0.2) is 89.1 Å². The molecule has 0 amide bonds. The van der Waals surface area contributed by atoms with Gasteiger partial charge in [0.2, 0.25) is 0 Å². The maximum absolute atomic E-state index is 9.44. The first-order chi connectivity index (χ1) is 13.5. The SMILES string of the molecule is CCC[CH2][Sn+2][CH2]CCC.O=C([O-])C(S)S.O=C([O-])C(S)S.OCCO.OCCO. The number of carbonyl (C=O) groups is 2. The van der Waals surface area contributed by atoms with Gasteiger partial charge in [-0.25, -0.2) is 0 Å². The van der Waals surface area contributed by atoms with Gasteiger partial charge in [0.1, 0.15) is 0 Å². The average Bonchev–Trinajstić information content (AvgIpc) is 2.69. The van der Waals surface area contributed by atoms with E-state index in [9.17, 15) is 19.8 Å². The van der Waals surface area contributed by atoms with Crippen LogP contribution >= 0.6 is 50.5 Å². The largest absolute Gasteiger partial charge is 0.548 e.